The molecular formula is C15H17BrN2. The van der Waals surface area contributed by atoms with E-state index in [-0.39, 0.29) is 0 Å². The molecule has 0 saturated carbocycles. The Morgan fingerprint density at radius 2 is 2.00 bits per heavy atom. The quantitative estimate of drug-likeness (QED) is 0.923. The van der Waals surface area contributed by atoms with Crippen LogP contribution in [0.2, 0.25) is 0 Å². The lowest BCUT2D eigenvalue weighted by atomic mass is 10.0. The zero-order chi connectivity index (χ0) is 13.0. The monoisotopic (exact) mass is 304 g/mol. The van der Waals surface area contributed by atoms with Crippen LogP contribution in [0, 0.1) is 6.92 Å². The van der Waals surface area contributed by atoms with Crippen molar-refractivity contribution >= 4 is 15.9 Å². The number of aryl methyl sites for hydroxylation is 1. The van der Waals surface area contributed by atoms with Crippen molar-refractivity contribution in [3.8, 4) is 0 Å². The van der Waals surface area contributed by atoms with Gasteiger partial charge in [-0.25, -0.2) is 0 Å². The van der Waals surface area contributed by atoms with Crippen molar-refractivity contribution in [1.29, 1.82) is 0 Å². The van der Waals surface area contributed by atoms with Crippen LogP contribution < -0.4 is 5.32 Å². The smallest absolute Gasteiger partial charge is 0.0542 e. The number of rotatable bonds is 4. The molecule has 0 radical (unpaired) electrons. The van der Waals surface area contributed by atoms with Crippen molar-refractivity contribution in [1.82, 2.24) is 10.3 Å². The van der Waals surface area contributed by atoms with Crippen LogP contribution in [0.15, 0.2) is 47.1 Å². The number of halogens is 1. The van der Waals surface area contributed by atoms with Crippen LogP contribution >= 0.6 is 15.9 Å². The van der Waals surface area contributed by atoms with Gasteiger partial charge < -0.3 is 5.32 Å². The van der Waals surface area contributed by atoms with Crippen molar-refractivity contribution in [3.05, 3.63) is 63.9 Å². The molecule has 0 aliphatic rings. The summed E-state index contributed by atoms with van der Waals surface area (Å²) in [4.78, 5) is 4.36. The van der Waals surface area contributed by atoms with Crippen LogP contribution in [0.25, 0.3) is 0 Å². The standard InChI is InChI=1S/C15H17BrN2/c1-11-5-3-4-6-15(11)12(2)17-10-14-8-7-13(16)9-18-14/h3-9,12,17H,10H2,1-2H3. The summed E-state index contributed by atoms with van der Waals surface area (Å²) in [6, 6.07) is 12.8. The average molecular weight is 305 g/mol. The van der Waals surface area contributed by atoms with Crippen molar-refractivity contribution < 1.29 is 0 Å². The molecule has 0 aliphatic heterocycles. The first-order chi connectivity index (χ1) is 8.66. The minimum absolute atomic E-state index is 0.330. The Hall–Kier alpha value is -1.19. The number of benzene rings is 1. The molecule has 2 aromatic rings. The first-order valence-electron chi connectivity index (χ1n) is 6.06. The lowest BCUT2D eigenvalue weighted by Crippen LogP contribution is -2.19. The molecule has 0 aliphatic carbocycles. The summed E-state index contributed by atoms with van der Waals surface area (Å²) in [6.45, 7) is 5.11. The molecule has 2 rings (SSSR count). The number of hydrogen-bond donors (Lipinski definition) is 1. The Balaban J connectivity index is 1.98. The normalized spacial score (nSPS) is 12.4. The molecule has 1 aromatic heterocycles. The fourth-order valence-electron chi connectivity index (χ4n) is 1.95. The van der Waals surface area contributed by atoms with Crippen molar-refractivity contribution in [2.24, 2.45) is 0 Å². The Morgan fingerprint density at radius 1 is 1.22 bits per heavy atom. The van der Waals surface area contributed by atoms with Gasteiger partial charge in [0.05, 0.1) is 5.69 Å². The van der Waals surface area contributed by atoms with Crippen LogP contribution in [0.3, 0.4) is 0 Å². The topological polar surface area (TPSA) is 24.9 Å². The summed E-state index contributed by atoms with van der Waals surface area (Å²) in [5.41, 5.74) is 3.72. The van der Waals surface area contributed by atoms with Gasteiger partial charge in [0, 0.05) is 23.3 Å². The highest BCUT2D eigenvalue weighted by molar-refractivity contribution is 9.10. The van der Waals surface area contributed by atoms with Gasteiger partial charge in [0.25, 0.3) is 0 Å². The molecule has 1 aromatic carbocycles. The highest BCUT2D eigenvalue weighted by Crippen LogP contribution is 2.17. The molecule has 0 amide bonds. The van der Waals surface area contributed by atoms with Crippen LogP contribution in [-0.4, -0.2) is 4.98 Å². The van der Waals surface area contributed by atoms with Gasteiger partial charge in [-0.2, -0.15) is 0 Å². The molecule has 2 nitrogen and oxygen atoms in total. The van der Waals surface area contributed by atoms with Gasteiger partial charge in [-0.1, -0.05) is 24.3 Å². The first kappa shape index (κ1) is 13.2. The second-order valence-corrected chi connectivity index (χ2v) is 5.34. The van der Waals surface area contributed by atoms with E-state index in [9.17, 15) is 0 Å². The van der Waals surface area contributed by atoms with E-state index in [0.29, 0.717) is 6.04 Å². The molecule has 1 N–H and O–H groups in total. The van der Waals surface area contributed by atoms with Gasteiger partial charge in [-0.05, 0) is 53.0 Å². The van der Waals surface area contributed by atoms with Crippen LogP contribution in [0.4, 0.5) is 0 Å². The van der Waals surface area contributed by atoms with Gasteiger partial charge in [-0.15, -0.1) is 0 Å². The number of nitrogens with one attached hydrogen (secondary N) is 1. The summed E-state index contributed by atoms with van der Waals surface area (Å²) in [6.07, 6.45) is 1.83. The maximum absolute atomic E-state index is 4.36. The Bertz CT molecular complexity index is 508. The number of nitrogens with zero attached hydrogens (tertiary/aromatic N) is 1. The van der Waals surface area contributed by atoms with Gasteiger partial charge in [0.1, 0.15) is 0 Å². The minimum atomic E-state index is 0.330. The molecule has 1 heterocycles. The molecule has 3 heteroatoms. The predicted octanol–water partition coefficient (Wildman–Crippen LogP) is 4.00. The second kappa shape index (κ2) is 6.12. The van der Waals surface area contributed by atoms with Gasteiger partial charge in [0.2, 0.25) is 0 Å². The number of hydrogen-bond acceptors (Lipinski definition) is 2. The van der Waals surface area contributed by atoms with E-state index in [1.165, 1.54) is 11.1 Å². The highest BCUT2D eigenvalue weighted by atomic mass is 79.9. The minimum Gasteiger partial charge on any atom is -0.305 e. The summed E-state index contributed by atoms with van der Waals surface area (Å²) < 4.78 is 1.01. The maximum Gasteiger partial charge on any atom is 0.0542 e. The molecule has 0 bridgehead atoms. The zero-order valence-corrected chi connectivity index (χ0v) is 12.2. The third kappa shape index (κ3) is 3.40. The number of aromatic nitrogens is 1. The molecular weight excluding hydrogens is 288 g/mol. The van der Waals surface area contributed by atoms with Crippen molar-refractivity contribution in [2.75, 3.05) is 0 Å². The van der Waals surface area contributed by atoms with E-state index in [2.05, 4.69) is 64.3 Å². The molecule has 18 heavy (non-hydrogen) atoms. The lowest BCUT2D eigenvalue weighted by molar-refractivity contribution is 0.565. The second-order valence-electron chi connectivity index (χ2n) is 4.43. The maximum atomic E-state index is 4.36. The highest BCUT2D eigenvalue weighted by Gasteiger charge is 2.07. The van der Waals surface area contributed by atoms with Crippen LogP contribution in [-0.2, 0) is 6.54 Å². The molecule has 0 fully saturated rings. The zero-order valence-electron chi connectivity index (χ0n) is 10.7. The Labute approximate surface area is 117 Å². The number of pyridine rings is 1. The summed E-state index contributed by atoms with van der Waals surface area (Å²) in [5.74, 6) is 0. The summed E-state index contributed by atoms with van der Waals surface area (Å²) >= 11 is 3.39. The molecule has 0 saturated heterocycles. The largest absolute Gasteiger partial charge is 0.305 e. The Kier molecular flexibility index (Phi) is 4.50. The van der Waals surface area contributed by atoms with E-state index in [0.717, 1.165) is 16.7 Å². The average Bonchev–Trinajstić information content (AvgIpc) is 2.38. The van der Waals surface area contributed by atoms with E-state index in [1.54, 1.807) is 0 Å². The van der Waals surface area contributed by atoms with Gasteiger partial charge >= 0.3 is 0 Å². The molecule has 0 spiro atoms. The third-order valence-corrected chi connectivity index (χ3v) is 3.50. The molecule has 94 valence electrons. The fourth-order valence-corrected chi connectivity index (χ4v) is 2.19. The molecule has 1 atom stereocenters. The van der Waals surface area contributed by atoms with Crippen LogP contribution in [0.1, 0.15) is 29.8 Å². The molecule has 1 unspecified atom stereocenters. The summed E-state index contributed by atoms with van der Waals surface area (Å²) in [7, 11) is 0. The Morgan fingerprint density at radius 3 is 2.67 bits per heavy atom. The lowest BCUT2D eigenvalue weighted by Gasteiger charge is -2.16. The SMILES string of the molecule is Cc1ccccc1C(C)NCc1ccc(Br)cn1. The van der Waals surface area contributed by atoms with Crippen LogP contribution in [0.5, 0.6) is 0 Å². The van der Waals surface area contributed by atoms with E-state index < -0.39 is 0 Å². The van der Waals surface area contributed by atoms with Crippen molar-refractivity contribution in [3.63, 3.8) is 0 Å². The first-order valence-corrected chi connectivity index (χ1v) is 6.85. The van der Waals surface area contributed by atoms with E-state index >= 15 is 0 Å². The van der Waals surface area contributed by atoms with E-state index in [1.807, 2.05) is 18.3 Å². The third-order valence-electron chi connectivity index (χ3n) is 3.03. The van der Waals surface area contributed by atoms with Gasteiger partial charge in [0.15, 0.2) is 0 Å². The van der Waals surface area contributed by atoms with Gasteiger partial charge in [-0.3, -0.25) is 4.98 Å². The summed E-state index contributed by atoms with van der Waals surface area (Å²) in [5, 5.41) is 3.50. The van der Waals surface area contributed by atoms with Crippen molar-refractivity contribution in [2.45, 2.75) is 26.4 Å². The van der Waals surface area contributed by atoms with E-state index in [4.69, 9.17) is 0 Å². The fraction of sp³-hybridized carbons (Fsp3) is 0.267. The predicted molar refractivity (Wildman–Crippen MR) is 78.4 cm³/mol.